The van der Waals surface area contributed by atoms with E-state index in [4.69, 9.17) is 0 Å². The summed E-state index contributed by atoms with van der Waals surface area (Å²) in [5.41, 5.74) is 2.17. The third kappa shape index (κ3) is 3.56. The quantitative estimate of drug-likeness (QED) is 0.871. The van der Waals surface area contributed by atoms with E-state index in [1.54, 1.807) is 6.07 Å². The van der Waals surface area contributed by atoms with Gasteiger partial charge in [-0.15, -0.1) is 0 Å². The smallest absolute Gasteiger partial charge is 0.123 e. The third-order valence-corrected chi connectivity index (χ3v) is 4.71. The van der Waals surface area contributed by atoms with E-state index in [2.05, 4.69) is 13.8 Å². The number of hydrogen-bond donors (Lipinski definition) is 1. The lowest BCUT2D eigenvalue weighted by atomic mass is 9.72. The van der Waals surface area contributed by atoms with E-state index in [0.29, 0.717) is 17.8 Å². The molecule has 0 saturated heterocycles. The molecule has 1 aromatic carbocycles. The van der Waals surface area contributed by atoms with Crippen molar-refractivity contribution >= 4 is 0 Å². The Morgan fingerprint density at radius 2 is 2.05 bits per heavy atom. The molecule has 1 fully saturated rings. The van der Waals surface area contributed by atoms with Crippen molar-refractivity contribution in [2.45, 2.75) is 52.6 Å². The first kappa shape index (κ1) is 14.5. The maximum Gasteiger partial charge on any atom is 0.123 e. The molecule has 0 bridgehead atoms. The molecule has 1 aliphatic carbocycles. The van der Waals surface area contributed by atoms with Crippen LogP contribution in [0.3, 0.4) is 0 Å². The zero-order valence-electron chi connectivity index (χ0n) is 12.2. The molecular weight excluding hydrogens is 239 g/mol. The lowest BCUT2D eigenvalue weighted by molar-refractivity contribution is 0.0378. The first-order chi connectivity index (χ1) is 8.97. The Labute approximate surface area is 115 Å². The molecule has 1 aromatic rings. The second-order valence-corrected chi connectivity index (χ2v) is 6.42. The van der Waals surface area contributed by atoms with Gasteiger partial charge in [-0.05, 0) is 73.6 Å². The highest BCUT2D eigenvalue weighted by Crippen LogP contribution is 2.36. The Hall–Kier alpha value is -0.890. The number of aliphatic hydroxyl groups excluding tert-OH is 1. The SMILES string of the molecule is Cc1cc(F)ccc1CC1CC(C(C)C)CCC1O. The van der Waals surface area contributed by atoms with E-state index in [1.807, 2.05) is 13.0 Å². The van der Waals surface area contributed by atoms with Gasteiger partial charge in [-0.2, -0.15) is 0 Å². The van der Waals surface area contributed by atoms with Gasteiger partial charge in [0.1, 0.15) is 5.82 Å². The van der Waals surface area contributed by atoms with Gasteiger partial charge in [-0.1, -0.05) is 19.9 Å². The largest absolute Gasteiger partial charge is 0.393 e. The van der Waals surface area contributed by atoms with Gasteiger partial charge in [0.25, 0.3) is 0 Å². The molecule has 2 rings (SSSR count). The highest BCUT2D eigenvalue weighted by atomic mass is 19.1. The summed E-state index contributed by atoms with van der Waals surface area (Å²) in [6, 6.07) is 4.98. The van der Waals surface area contributed by atoms with Crippen molar-refractivity contribution in [3.8, 4) is 0 Å². The molecule has 0 spiro atoms. The third-order valence-electron chi connectivity index (χ3n) is 4.71. The number of hydrogen-bond acceptors (Lipinski definition) is 1. The van der Waals surface area contributed by atoms with Gasteiger partial charge in [0.2, 0.25) is 0 Å². The number of rotatable bonds is 3. The van der Waals surface area contributed by atoms with E-state index in [1.165, 1.54) is 11.6 Å². The van der Waals surface area contributed by atoms with E-state index in [-0.39, 0.29) is 11.9 Å². The van der Waals surface area contributed by atoms with Crippen molar-refractivity contribution in [3.05, 3.63) is 35.1 Å². The van der Waals surface area contributed by atoms with Crippen LogP contribution in [0.15, 0.2) is 18.2 Å². The molecule has 0 aromatic heterocycles. The highest BCUT2D eigenvalue weighted by molar-refractivity contribution is 5.27. The number of aryl methyl sites for hydroxylation is 1. The monoisotopic (exact) mass is 264 g/mol. The molecule has 106 valence electrons. The van der Waals surface area contributed by atoms with Crippen molar-refractivity contribution in [2.75, 3.05) is 0 Å². The fraction of sp³-hybridized carbons (Fsp3) is 0.647. The molecule has 1 N–H and O–H groups in total. The molecule has 19 heavy (non-hydrogen) atoms. The average Bonchev–Trinajstić information content (AvgIpc) is 2.34. The Balaban J connectivity index is 2.07. The van der Waals surface area contributed by atoms with Gasteiger partial charge >= 0.3 is 0 Å². The lowest BCUT2D eigenvalue weighted by Crippen LogP contribution is -2.32. The Morgan fingerprint density at radius 1 is 1.32 bits per heavy atom. The topological polar surface area (TPSA) is 20.2 Å². The number of halogens is 1. The van der Waals surface area contributed by atoms with Crippen molar-refractivity contribution in [1.29, 1.82) is 0 Å². The minimum Gasteiger partial charge on any atom is -0.393 e. The summed E-state index contributed by atoms with van der Waals surface area (Å²) in [7, 11) is 0. The minimum absolute atomic E-state index is 0.175. The van der Waals surface area contributed by atoms with Crippen LogP contribution >= 0.6 is 0 Å². The summed E-state index contributed by atoms with van der Waals surface area (Å²) in [5, 5.41) is 10.2. The van der Waals surface area contributed by atoms with Crippen LogP contribution in [0.25, 0.3) is 0 Å². The van der Waals surface area contributed by atoms with Crippen LogP contribution in [-0.4, -0.2) is 11.2 Å². The fourth-order valence-corrected chi connectivity index (χ4v) is 3.28. The van der Waals surface area contributed by atoms with Crippen molar-refractivity contribution in [1.82, 2.24) is 0 Å². The van der Waals surface area contributed by atoms with Crippen LogP contribution in [0, 0.1) is 30.5 Å². The van der Waals surface area contributed by atoms with Gasteiger partial charge in [0.05, 0.1) is 6.10 Å². The second-order valence-electron chi connectivity index (χ2n) is 6.42. The van der Waals surface area contributed by atoms with Crippen molar-refractivity contribution in [2.24, 2.45) is 17.8 Å². The zero-order chi connectivity index (χ0) is 14.0. The Kier molecular flexibility index (Phi) is 4.62. The summed E-state index contributed by atoms with van der Waals surface area (Å²) in [6.07, 6.45) is 3.82. The maximum absolute atomic E-state index is 13.1. The van der Waals surface area contributed by atoms with Gasteiger partial charge in [-0.3, -0.25) is 0 Å². The summed E-state index contributed by atoms with van der Waals surface area (Å²) < 4.78 is 13.1. The predicted octanol–water partition coefficient (Wildman–Crippen LogP) is 4.11. The molecule has 0 radical (unpaired) electrons. The summed E-state index contributed by atoms with van der Waals surface area (Å²) in [5.74, 6) is 1.55. The van der Waals surface area contributed by atoms with E-state index < -0.39 is 0 Å². The normalized spacial score (nSPS) is 27.8. The minimum atomic E-state index is -0.195. The lowest BCUT2D eigenvalue weighted by Gasteiger charge is -2.35. The Bertz CT molecular complexity index is 427. The van der Waals surface area contributed by atoms with Gasteiger partial charge in [-0.25, -0.2) is 4.39 Å². The van der Waals surface area contributed by atoms with Crippen LogP contribution in [0.5, 0.6) is 0 Å². The van der Waals surface area contributed by atoms with Gasteiger partial charge in [0, 0.05) is 0 Å². The van der Waals surface area contributed by atoms with Crippen LogP contribution in [-0.2, 0) is 6.42 Å². The van der Waals surface area contributed by atoms with E-state index in [9.17, 15) is 9.50 Å². The van der Waals surface area contributed by atoms with Crippen LogP contribution in [0.2, 0.25) is 0 Å². The summed E-state index contributed by atoms with van der Waals surface area (Å²) in [4.78, 5) is 0. The number of aliphatic hydroxyl groups is 1. The summed E-state index contributed by atoms with van der Waals surface area (Å²) in [6.45, 7) is 6.48. The molecule has 0 amide bonds. The molecule has 0 heterocycles. The summed E-state index contributed by atoms with van der Waals surface area (Å²) >= 11 is 0. The number of benzene rings is 1. The molecule has 3 unspecified atom stereocenters. The maximum atomic E-state index is 13.1. The zero-order valence-corrected chi connectivity index (χ0v) is 12.2. The average molecular weight is 264 g/mol. The first-order valence-corrected chi connectivity index (χ1v) is 7.40. The van der Waals surface area contributed by atoms with Crippen molar-refractivity contribution in [3.63, 3.8) is 0 Å². The van der Waals surface area contributed by atoms with Crippen LogP contribution in [0.1, 0.15) is 44.2 Å². The Morgan fingerprint density at radius 3 is 2.68 bits per heavy atom. The molecule has 3 atom stereocenters. The van der Waals surface area contributed by atoms with E-state index >= 15 is 0 Å². The second kappa shape index (κ2) is 6.04. The van der Waals surface area contributed by atoms with Gasteiger partial charge < -0.3 is 5.11 Å². The fourth-order valence-electron chi connectivity index (χ4n) is 3.28. The molecule has 0 aliphatic heterocycles. The predicted molar refractivity (Wildman–Crippen MR) is 76.5 cm³/mol. The van der Waals surface area contributed by atoms with Gasteiger partial charge in [0.15, 0.2) is 0 Å². The van der Waals surface area contributed by atoms with Crippen molar-refractivity contribution < 1.29 is 9.50 Å². The molecule has 1 nitrogen and oxygen atoms in total. The highest BCUT2D eigenvalue weighted by Gasteiger charge is 2.30. The molecular formula is C17H25FO. The molecule has 1 saturated carbocycles. The van der Waals surface area contributed by atoms with Crippen LogP contribution in [0.4, 0.5) is 4.39 Å². The molecule has 2 heteroatoms. The van der Waals surface area contributed by atoms with Crippen LogP contribution < -0.4 is 0 Å². The standard InChI is InChI=1S/C17H25FO/c1-11(2)13-5-7-17(19)15(9-13)10-14-4-6-16(18)8-12(14)3/h4,6,8,11,13,15,17,19H,5,7,9-10H2,1-3H3. The molecule has 1 aliphatic rings. The van der Waals surface area contributed by atoms with E-state index in [0.717, 1.165) is 31.2 Å². The first-order valence-electron chi connectivity index (χ1n) is 7.40.